The van der Waals surface area contributed by atoms with Crippen LogP contribution in [-0.2, 0) is 20.9 Å². The van der Waals surface area contributed by atoms with Gasteiger partial charge in [-0.25, -0.2) is 4.79 Å². The molecule has 0 radical (unpaired) electrons. The maximum Gasteiger partial charge on any atom is 0.331 e. The molecule has 0 aliphatic rings. The Bertz CT molecular complexity index is 813. The molecule has 0 bridgehead atoms. The first kappa shape index (κ1) is 20.3. The monoisotopic (exact) mass is 389 g/mol. The molecular formula is C20H20ClNO5. The maximum atomic E-state index is 11.8. The van der Waals surface area contributed by atoms with Crippen molar-refractivity contribution in [2.45, 2.75) is 6.54 Å². The third-order valence-corrected chi connectivity index (χ3v) is 3.74. The van der Waals surface area contributed by atoms with E-state index in [-0.39, 0.29) is 6.61 Å². The number of benzene rings is 2. The average Bonchev–Trinajstić information content (AvgIpc) is 2.68. The van der Waals surface area contributed by atoms with Crippen molar-refractivity contribution in [1.82, 2.24) is 5.32 Å². The normalized spacial score (nSPS) is 10.5. The van der Waals surface area contributed by atoms with Crippen LogP contribution < -0.4 is 14.8 Å². The van der Waals surface area contributed by atoms with E-state index in [0.717, 1.165) is 5.56 Å². The van der Waals surface area contributed by atoms with Gasteiger partial charge in [-0.1, -0.05) is 23.7 Å². The zero-order chi connectivity index (χ0) is 19.6. The van der Waals surface area contributed by atoms with E-state index in [1.54, 1.807) is 56.7 Å². The third kappa shape index (κ3) is 7.03. The van der Waals surface area contributed by atoms with E-state index >= 15 is 0 Å². The highest BCUT2D eigenvalue weighted by molar-refractivity contribution is 6.30. The number of hydrogen-bond donors (Lipinski definition) is 1. The first-order chi connectivity index (χ1) is 13.0. The van der Waals surface area contributed by atoms with Gasteiger partial charge >= 0.3 is 5.97 Å². The summed E-state index contributed by atoms with van der Waals surface area (Å²) in [7, 11) is 3.08. The molecule has 1 amide bonds. The Balaban J connectivity index is 1.81. The van der Waals surface area contributed by atoms with Gasteiger partial charge in [-0.3, -0.25) is 4.79 Å². The molecule has 0 fully saturated rings. The molecule has 142 valence electrons. The highest BCUT2D eigenvalue weighted by Gasteiger charge is 2.06. The number of hydrogen-bond acceptors (Lipinski definition) is 5. The summed E-state index contributed by atoms with van der Waals surface area (Å²) < 4.78 is 15.2. The summed E-state index contributed by atoms with van der Waals surface area (Å²) in [5, 5.41) is 3.24. The molecule has 0 saturated heterocycles. The first-order valence-electron chi connectivity index (χ1n) is 8.09. The quantitative estimate of drug-likeness (QED) is 0.554. The number of methoxy groups -OCH3 is 2. The molecule has 0 atom stereocenters. The fourth-order valence-corrected chi connectivity index (χ4v) is 2.39. The predicted molar refractivity (Wildman–Crippen MR) is 103 cm³/mol. The molecule has 1 N–H and O–H groups in total. The maximum absolute atomic E-state index is 11.8. The lowest BCUT2D eigenvalue weighted by Gasteiger charge is -2.06. The van der Waals surface area contributed by atoms with Crippen LogP contribution in [0, 0.1) is 0 Å². The Kier molecular flexibility index (Phi) is 7.70. The predicted octanol–water partition coefficient (Wildman–Crippen LogP) is 3.23. The highest BCUT2D eigenvalue weighted by atomic mass is 35.5. The Hall–Kier alpha value is -2.99. The lowest BCUT2D eigenvalue weighted by Crippen LogP contribution is -2.28. The fraction of sp³-hybridized carbons (Fsp3) is 0.200. The van der Waals surface area contributed by atoms with Gasteiger partial charge in [0.1, 0.15) is 11.5 Å². The van der Waals surface area contributed by atoms with Gasteiger partial charge in [0.2, 0.25) is 0 Å². The minimum Gasteiger partial charge on any atom is -0.497 e. The van der Waals surface area contributed by atoms with Crippen molar-refractivity contribution < 1.29 is 23.8 Å². The molecule has 2 aromatic rings. The fourth-order valence-electron chi connectivity index (χ4n) is 2.17. The zero-order valence-electron chi connectivity index (χ0n) is 15.0. The van der Waals surface area contributed by atoms with Crippen LogP contribution in [-0.4, -0.2) is 32.7 Å². The molecule has 0 unspecified atom stereocenters. The molecule has 0 saturated carbocycles. The van der Waals surface area contributed by atoms with Crippen molar-refractivity contribution >= 4 is 29.6 Å². The van der Waals surface area contributed by atoms with Gasteiger partial charge in [-0.05, 0) is 41.5 Å². The van der Waals surface area contributed by atoms with Crippen LogP contribution in [0.1, 0.15) is 11.1 Å². The van der Waals surface area contributed by atoms with Gasteiger partial charge in [0, 0.05) is 23.7 Å². The van der Waals surface area contributed by atoms with Crippen LogP contribution in [0.2, 0.25) is 5.02 Å². The van der Waals surface area contributed by atoms with Gasteiger partial charge in [-0.15, -0.1) is 0 Å². The molecule has 27 heavy (non-hydrogen) atoms. The van der Waals surface area contributed by atoms with E-state index in [2.05, 4.69) is 5.32 Å². The van der Waals surface area contributed by atoms with Gasteiger partial charge in [-0.2, -0.15) is 0 Å². The second-order valence-electron chi connectivity index (χ2n) is 5.49. The Labute approximate surface area is 162 Å². The summed E-state index contributed by atoms with van der Waals surface area (Å²) in [5.41, 5.74) is 1.56. The topological polar surface area (TPSA) is 73.9 Å². The van der Waals surface area contributed by atoms with Crippen LogP contribution in [0.4, 0.5) is 0 Å². The third-order valence-electron chi connectivity index (χ3n) is 3.51. The van der Waals surface area contributed by atoms with Crippen LogP contribution >= 0.6 is 11.6 Å². The van der Waals surface area contributed by atoms with Gasteiger partial charge in [0.25, 0.3) is 5.91 Å². The van der Waals surface area contributed by atoms with E-state index in [4.69, 9.17) is 25.8 Å². The molecule has 2 aromatic carbocycles. The summed E-state index contributed by atoms with van der Waals surface area (Å²) in [6.45, 7) is -0.0679. The lowest BCUT2D eigenvalue weighted by molar-refractivity contribution is -0.143. The van der Waals surface area contributed by atoms with E-state index in [1.165, 1.54) is 6.08 Å². The number of nitrogens with one attached hydrogen (secondary N) is 1. The molecule has 2 rings (SSSR count). The van der Waals surface area contributed by atoms with Crippen molar-refractivity contribution in [3.8, 4) is 11.5 Å². The van der Waals surface area contributed by atoms with Crippen LogP contribution in [0.5, 0.6) is 11.5 Å². The molecule has 6 nitrogen and oxygen atoms in total. The number of rotatable bonds is 8. The SMILES string of the molecule is COc1cc(/C=C/C(=O)OCC(=O)NCc2cccc(Cl)c2)cc(OC)c1. The number of ether oxygens (including phenoxy) is 3. The zero-order valence-corrected chi connectivity index (χ0v) is 15.8. The number of amides is 1. The molecule has 0 aliphatic heterocycles. The van der Waals surface area contributed by atoms with E-state index in [0.29, 0.717) is 28.6 Å². The molecule has 0 heterocycles. The Morgan fingerprint density at radius 2 is 1.78 bits per heavy atom. The highest BCUT2D eigenvalue weighted by Crippen LogP contribution is 2.23. The smallest absolute Gasteiger partial charge is 0.331 e. The lowest BCUT2D eigenvalue weighted by atomic mass is 10.2. The van der Waals surface area contributed by atoms with Crippen LogP contribution in [0.15, 0.2) is 48.5 Å². The molecule has 0 spiro atoms. The first-order valence-corrected chi connectivity index (χ1v) is 8.47. The van der Waals surface area contributed by atoms with Gasteiger partial charge < -0.3 is 19.5 Å². The average molecular weight is 390 g/mol. The van der Waals surface area contributed by atoms with Gasteiger partial charge in [0.05, 0.1) is 14.2 Å². The molecule has 0 aromatic heterocycles. The van der Waals surface area contributed by atoms with Crippen molar-refractivity contribution in [3.63, 3.8) is 0 Å². The Morgan fingerprint density at radius 1 is 1.07 bits per heavy atom. The molecule has 7 heteroatoms. The number of carbonyl (C=O) groups excluding carboxylic acids is 2. The summed E-state index contributed by atoms with van der Waals surface area (Å²) in [6, 6.07) is 12.3. The van der Waals surface area contributed by atoms with Crippen LogP contribution in [0.25, 0.3) is 6.08 Å². The van der Waals surface area contributed by atoms with Gasteiger partial charge in [0.15, 0.2) is 6.61 Å². The largest absolute Gasteiger partial charge is 0.497 e. The van der Waals surface area contributed by atoms with Crippen molar-refractivity contribution in [3.05, 3.63) is 64.7 Å². The van der Waals surface area contributed by atoms with Crippen molar-refractivity contribution in [1.29, 1.82) is 0 Å². The second-order valence-corrected chi connectivity index (χ2v) is 5.93. The summed E-state index contributed by atoms with van der Waals surface area (Å²) in [5.74, 6) is 0.167. The van der Waals surface area contributed by atoms with E-state index in [1.807, 2.05) is 6.07 Å². The molecular weight excluding hydrogens is 370 g/mol. The molecule has 0 aliphatic carbocycles. The van der Waals surface area contributed by atoms with Crippen molar-refractivity contribution in [2.24, 2.45) is 0 Å². The Morgan fingerprint density at radius 3 is 2.41 bits per heavy atom. The number of carbonyl (C=O) groups is 2. The summed E-state index contributed by atoms with van der Waals surface area (Å²) in [4.78, 5) is 23.5. The van der Waals surface area contributed by atoms with Crippen LogP contribution in [0.3, 0.4) is 0 Å². The van der Waals surface area contributed by atoms with E-state index in [9.17, 15) is 9.59 Å². The minimum atomic E-state index is -0.630. The summed E-state index contributed by atoms with van der Waals surface area (Å²) >= 11 is 5.88. The standard InChI is InChI=1S/C20H20ClNO5/c1-25-17-9-14(10-18(11-17)26-2)6-7-20(24)27-13-19(23)22-12-15-4-3-5-16(21)8-15/h3-11H,12-13H2,1-2H3,(H,22,23)/b7-6+. The number of esters is 1. The summed E-state index contributed by atoms with van der Waals surface area (Å²) in [6.07, 6.45) is 2.79. The second kappa shape index (κ2) is 10.2. The number of halogens is 1. The van der Waals surface area contributed by atoms with Crippen molar-refractivity contribution in [2.75, 3.05) is 20.8 Å². The van der Waals surface area contributed by atoms with E-state index < -0.39 is 11.9 Å². The minimum absolute atomic E-state index is 0.302.